The Morgan fingerprint density at radius 2 is 2.05 bits per heavy atom. The van der Waals surface area contributed by atoms with Crippen molar-refractivity contribution in [3.8, 4) is 0 Å². The van der Waals surface area contributed by atoms with Gasteiger partial charge in [0.15, 0.2) is 0 Å². The van der Waals surface area contributed by atoms with Crippen molar-refractivity contribution < 1.29 is 14.7 Å². The zero-order valence-corrected chi connectivity index (χ0v) is 11.2. The van der Waals surface area contributed by atoms with E-state index in [2.05, 4.69) is 15.3 Å². The quantitative estimate of drug-likeness (QED) is 0.802. The van der Waals surface area contributed by atoms with Gasteiger partial charge in [-0.3, -0.25) is 9.59 Å². The predicted molar refractivity (Wildman–Crippen MR) is 71.6 cm³/mol. The molecule has 2 rings (SSSR count). The van der Waals surface area contributed by atoms with Crippen LogP contribution in [0.15, 0.2) is 24.4 Å². The summed E-state index contributed by atoms with van der Waals surface area (Å²) in [5, 5.41) is 11.9. The number of aryl methyl sites for hydroxylation is 1. The summed E-state index contributed by atoms with van der Waals surface area (Å²) in [6.45, 7) is 2.06. The maximum Gasteiger partial charge on any atom is 0.307 e. The number of nitrogens with zero attached hydrogens (tertiary/aromatic N) is 2. The van der Waals surface area contributed by atoms with Gasteiger partial charge in [-0.25, -0.2) is 9.97 Å². The standard InChI is InChI=1S/C14H17N3O3/c1-9-15-7-6-10(17-9)8-16-13(18)11-4-2-3-5-12(11)14(19)20/h2-3,6-7,11-12H,4-5,8H2,1H3,(H,16,18)(H,19,20)/t11-,12+/m0/s1. The molecule has 1 heterocycles. The van der Waals surface area contributed by atoms with Gasteiger partial charge in [-0.15, -0.1) is 0 Å². The van der Waals surface area contributed by atoms with Crippen LogP contribution >= 0.6 is 0 Å². The molecule has 0 spiro atoms. The van der Waals surface area contributed by atoms with Crippen LogP contribution in [0.3, 0.4) is 0 Å². The molecule has 0 bridgehead atoms. The van der Waals surface area contributed by atoms with Crippen LogP contribution in [0.1, 0.15) is 24.4 Å². The monoisotopic (exact) mass is 275 g/mol. The molecule has 0 aliphatic heterocycles. The maximum atomic E-state index is 12.1. The summed E-state index contributed by atoms with van der Waals surface area (Å²) >= 11 is 0. The molecule has 0 saturated heterocycles. The van der Waals surface area contributed by atoms with Gasteiger partial charge in [0.2, 0.25) is 5.91 Å². The molecule has 0 unspecified atom stereocenters. The fourth-order valence-electron chi connectivity index (χ4n) is 2.29. The first-order valence-corrected chi connectivity index (χ1v) is 6.52. The van der Waals surface area contributed by atoms with Crippen molar-refractivity contribution in [1.82, 2.24) is 15.3 Å². The number of amides is 1. The van der Waals surface area contributed by atoms with E-state index in [0.717, 1.165) is 0 Å². The highest BCUT2D eigenvalue weighted by Gasteiger charge is 2.33. The number of hydrogen-bond donors (Lipinski definition) is 2. The molecular formula is C14H17N3O3. The van der Waals surface area contributed by atoms with Crippen molar-refractivity contribution >= 4 is 11.9 Å². The molecule has 20 heavy (non-hydrogen) atoms. The van der Waals surface area contributed by atoms with Crippen molar-refractivity contribution in [1.29, 1.82) is 0 Å². The van der Waals surface area contributed by atoms with Crippen LogP contribution in [0, 0.1) is 18.8 Å². The molecule has 0 radical (unpaired) electrons. The zero-order chi connectivity index (χ0) is 14.5. The molecule has 2 N–H and O–H groups in total. The Bertz CT molecular complexity index is 542. The number of aliphatic carboxylic acids is 1. The lowest BCUT2D eigenvalue weighted by Gasteiger charge is -2.24. The zero-order valence-electron chi connectivity index (χ0n) is 11.2. The Morgan fingerprint density at radius 1 is 1.35 bits per heavy atom. The summed E-state index contributed by atoms with van der Waals surface area (Å²) in [6, 6.07) is 1.72. The molecule has 106 valence electrons. The normalized spacial score (nSPS) is 21.4. The van der Waals surface area contributed by atoms with Gasteiger partial charge >= 0.3 is 5.97 Å². The van der Waals surface area contributed by atoms with Crippen molar-refractivity contribution in [2.45, 2.75) is 26.3 Å². The lowest BCUT2D eigenvalue weighted by Crippen LogP contribution is -2.38. The van der Waals surface area contributed by atoms with Crippen molar-refractivity contribution in [3.05, 3.63) is 35.9 Å². The molecule has 6 nitrogen and oxygen atoms in total. The molecule has 1 aromatic heterocycles. The highest BCUT2D eigenvalue weighted by Crippen LogP contribution is 2.26. The lowest BCUT2D eigenvalue weighted by atomic mass is 9.82. The van der Waals surface area contributed by atoms with Crippen LogP contribution in [0.25, 0.3) is 0 Å². The first-order chi connectivity index (χ1) is 9.58. The second-order valence-corrected chi connectivity index (χ2v) is 4.81. The van der Waals surface area contributed by atoms with Crippen LogP contribution in [0.5, 0.6) is 0 Å². The van der Waals surface area contributed by atoms with E-state index in [9.17, 15) is 9.59 Å². The molecular weight excluding hydrogens is 258 g/mol. The third kappa shape index (κ3) is 3.40. The number of carbonyl (C=O) groups excluding carboxylic acids is 1. The topological polar surface area (TPSA) is 92.2 Å². The van der Waals surface area contributed by atoms with Gasteiger partial charge in [0.05, 0.1) is 24.1 Å². The predicted octanol–water partition coefficient (Wildman–Crippen LogP) is 1.07. The van der Waals surface area contributed by atoms with E-state index in [4.69, 9.17) is 5.11 Å². The van der Waals surface area contributed by atoms with Gasteiger partial charge in [-0.1, -0.05) is 12.2 Å². The molecule has 0 fully saturated rings. The van der Waals surface area contributed by atoms with E-state index >= 15 is 0 Å². The highest BCUT2D eigenvalue weighted by molar-refractivity contribution is 5.85. The number of rotatable bonds is 4. The van der Waals surface area contributed by atoms with E-state index < -0.39 is 17.8 Å². The Hall–Kier alpha value is -2.24. The highest BCUT2D eigenvalue weighted by atomic mass is 16.4. The fourth-order valence-corrected chi connectivity index (χ4v) is 2.29. The number of carbonyl (C=O) groups is 2. The summed E-state index contributed by atoms with van der Waals surface area (Å²) in [6.07, 6.45) is 6.17. The number of carboxylic acids is 1. The molecule has 1 aliphatic rings. The number of aromatic nitrogens is 2. The third-order valence-electron chi connectivity index (χ3n) is 3.36. The molecule has 1 aromatic rings. The minimum Gasteiger partial charge on any atom is -0.481 e. The maximum absolute atomic E-state index is 12.1. The van der Waals surface area contributed by atoms with Gasteiger partial charge in [0.1, 0.15) is 5.82 Å². The summed E-state index contributed by atoms with van der Waals surface area (Å²) < 4.78 is 0. The van der Waals surface area contributed by atoms with Crippen LogP contribution in [0.4, 0.5) is 0 Å². The lowest BCUT2D eigenvalue weighted by molar-refractivity contribution is -0.147. The largest absolute Gasteiger partial charge is 0.481 e. The van der Waals surface area contributed by atoms with Gasteiger partial charge in [0, 0.05) is 6.20 Å². The Balaban J connectivity index is 1.97. The van der Waals surface area contributed by atoms with Gasteiger partial charge in [0.25, 0.3) is 0 Å². The molecule has 1 amide bonds. The van der Waals surface area contributed by atoms with Crippen LogP contribution in [0.2, 0.25) is 0 Å². The van der Waals surface area contributed by atoms with Crippen molar-refractivity contribution in [2.75, 3.05) is 0 Å². The van der Waals surface area contributed by atoms with Crippen LogP contribution in [-0.4, -0.2) is 27.0 Å². The number of nitrogens with one attached hydrogen (secondary N) is 1. The van der Waals surface area contributed by atoms with E-state index in [1.54, 1.807) is 19.2 Å². The second-order valence-electron chi connectivity index (χ2n) is 4.81. The molecule has 6 heteroatoms. The average molecular weight is 275 g/mol. The summed E-state index contributed by atoms with van der Waals surface area (Å²) in [5.74, 6) is -1.68. The van der Waals surface area contributed by atoms with E-state index in [-0.39, 0.29) is 12.5 Å². The van der Waals surface area contributed by atoms with Gasteiger partial charge < -0.3 is 10.4 Å². The van der Waals surface area contributed by atoms with Gasteiger partial charge in [-0.2, -0.15) is 0 Å². The SMILES string of the molecule is Cc1nccc(CNC(=O)[C@H]2CC=CC[C@H]2C(=O)O)n1. The first-order valence-electron chi connectivity index (χ1n) is 6.52. The Kier molecular flexibility index (Phi) is 4.45. The Morgan fingerprint density at radius 3 is 2.70 bits per heavy atom. The molecule has 0 aromatic carbocycles. The number of allylic oxidation sites excluding steroid dienone is 2. The van der Waals surface area contributed by atoms with Gasteiger partial charge in [-0.05, 0) is 25.8 Å². The van der Waals surface area contributed by atoms with E-state index in [0.29, 0.717) is 24.4 Å². The molecule has 2 atom stereocenters. The minimum atomic E-state index is -0.924. The summed E-state index contributed by atoms with van der Waals surface area (Å²) in [5.41, 5.74) is 0.712. The summed E-state index contributed by atoms with van der Waals surface area (Å²) in [4.78, 5) is 31.4. The first kappa shape index (κ1) is 14.2. The van der Waals surface area contributed by atoms with E-state index in [1.807, 2.05) is 12.2 Å². The summed E-state index contributed by atoms with van der Waals surface area (Å²) in [7, 11) is 0. The van der Waals surface area contributed by atoms with E-state index in [1.165, 1.54) is 0 Å². The minimum absolute atomic E-state index is 0.238. The van der Waals surface area contributed by atoms with Crippen LogP contribution in [-0.2, 0) is 16.1 Å². The fraction of sp³-hybridized carbons (Fsp3) is 0.429. The molecule has 1 aliphatic carbocycles. The molecule has 0 saturated carbocycles. The average Bonchev–Trinajstić information content (AvgIpc) is 2.45. The number of hydrogen-bond acceptors (Lipinski definition) is 4. The van der Waals surface area contributed by atoms with Crippen molar-refractivity contribution in [2.24, 2.45) is 11.8 Å². The third-order valence-corrected chi connectivity index (χ3v) is 3.36. The Labute approximate surface area is 116 Å². The van der Waals surface area contributed by atoms with Crippen molar-refractivity contribution in [3.63, 3.8) is 0 Å². The second kappa shape index (κ2) is 6.27. The smallest absolute Gasteiger partial charge is 0.307 e. The van der Waals surface area contributed by atoms with Crippen LogP contribution < -0.4 is 5.32 Å². The number of carboxylic acid groups (broad SMARTS) is 1.